The molecule has 6 nitrogen and oxygen atoms in total. The lowest BCUT2D eigenvalue weighted by atomic mass is 10.0. The van der Waals surface area contributed by atoms with Crippen molar-refractivity contribution in [3.63, 3.8) is 0 Å². The predicted octanol–water partition coefficient (Wildman–Crippen LogP) is 4.27. The average Bonchev–Trinajstić information content (AvgIpc) is 2.79. The van der Waals surface area contributed by atoms with Gasteiger partial charge in [0, 0.05) is 30.4 Å². The summed E-state index contributed by atoms with van der Waals surface area (Å²) in [5.41, 5.74) is 2.28. The van der Waals surface area contributed by atoms with E-state index < -0.39 is 0 Å². The van der Waals surface area contributed by atoms with Crippen LogP contribution in [0.5, 0.6) is 11.5 Å². The summed E-state index contributed by atoms with van der Waals surface area (Å²) in [7, 11) is 3.06. The van der Waals surface area contributed by atoms with Gasteiger partial charge in [0.25, 0.3) is 11.5 Å². The van der Waals surface area contributed by atoms with Gasteiger partial charge < -0.3 is 18.9 Å². The Morgan fingerprint density at radius 2 is 1.63 bits per heavy atom. The molecule has 0 radical (unpaired) electrons. The Morgan fingerprint density at radius 1 is 1.00 bits per heavy atom. The monoisotopic (exact) mass is 408 g/mol. The molecule has 158 valence electrons. The molecule has 0 aliphatic carbocycles. The van der Waals surface area contributed by atoms with Crippen LogP contribution in [0.15, 0.2) is 47.4 Å². The molecule has 2 aromatic carbocycles. The van der Waals surface area contributed by atoms with Crippen molar-refractivity contribution in [3.05, 3.63) is 64.1 Å². The number of aromatic nitrogens is 1. The number of carbonyl (C=O) groups is 1. The minimum absolute atomic E-state index is 0.155. The van der Waals surface area contributed by atoms with E-state index >= 15 is 0 Å². The molecule has 0 fully saturated rings. The van der Waals surface area contributed by atoms with Crippen molar-refractivity contribution in [3.8, 4) is 11.5 Å². The van der Waals surface area contributed by atoms with Gasteiger partial charge in [-0.2, -0.15) is 0 Å². The Bertz CT molecular complexity index is 1130. The van der Waals surface area contributed by atoms with Gasteiger partial charge in [-0.25, -0.2) is 0 Å². The summed E-state index contributed by atoms with van der Waals surface area (Å²) >= 11 is 0. The third-order valence-corrected chi connectivity index (χ3v) is 5.39. The van der Waals surface area contributed by atoms with Gasteiger partial charge in [0.05, 0.1) is 25.2 Å². The summed E-state index contributed by atoms with van der Waals surface area (Å²) in [6.45, 7) is 6.87. The summed E-state index contributed by atoms with van der Waals surface area (Å²) in [6.07, 6.45) is 2.47. The summed E-state index contributed by atoms with van der Waals surface area (Å²) in [4.78, 5) is 28.4. The highest BCUT2D eigenvalue weighted by Crippen LogP contribution is 2.33. The highest BCUT2D eigenvalue weighted by Gasteiger charge is 2.23. The van der Waals surface area contributed by atoms with E-state index in [9.17, 15) is 9.59 Å². The molecule has 0 N–H and O–H groups in total. The van der Waals surface area contributed by atoms with E-state index in [0.717, 1.165) is 17.7 Å². The number of pyridine rings is 1. The Kier molecular flexibility index (Phi) is 6.45. The molecule has 3 aromatic rings. The topological polar surface area (TPSA) is 60.8 Å². The zero-order valence-corrected chi connectivity index (χ0v) is 18.2. The molecule has 3 rings (SSSR count). The lowest BCUT2D eigenvalue weighted by molar-refractivity contribution is 0.0989. The molecule has 0 bridgehead atoms. The van der Waals surface area contributed by atoms with E-state index in [4.69, 9.17) is 9.47 Å². The molecule has 0 aliphatic rings. The number of hydrogen-bond acceptors (Lipinski definition) is 4. The quantitative estimate of drug-likeness (QED) is 0.586. The number of aryl methyl sites for hydroxylation is 2. The van der Waals surface area contributed by atoms with Crippen LogP contribution in [0.4, 0.5) is 5.69 Å². The number of fused-ring (bicyclic) bond motifs is 1. The number of hydrogen-bond donors (Lipinski definition) is 0. The summed E-state index contributed by atoms with van der Waals surface area (Å²) in [5, 5.41) is 0.986. The second-order valence-corrected chi connectivity index (χ2v) is 6.92. The second-order valence-electron chi connectivity index (χ2n) is 6.92. The van der Waals surface area contributed by atoms with E-state index in [0.29, 0.717) is 40.9 Å². The first-order valence-corrected chi connectivity index (χ1v) is 10.2. The molecule has 30 heavy (non-hydrogen) atoms. The molecule has 0 aliphatic heterocycles. The van der Waals surface area contributed by atoms with E-state index in [1.54, 1.807) is 27.8 Å². The maximum absolute atomic E-state index is 13.7. The highest BCUT2D eigenvalue weighted by molar-refractivity contribution is 6.14. The molecular formula is C24H28N2O4. The molecule has 0 saturated heterocycles. The van der Waals surface area contributed by atoms with Gasteiger partial charge in [-0.3, -0.25) is 9.59 Å². The van der Waals surface area contributed by atoms with Gasteiger partial charge in [0.2, 0.25) is 0 Å². The fourth-order valence-electron chi connectivity index (χ4n) is 3.76. The lowest BCUT2D eigenvalue weighted by Crippen LogP contribution is -2.33. The van der Waals surface area contributed by atoms with Crippen molar-refractivity contribution in [1.29, 1.82) is 0 Å². The molecular weight excluding hydrogens is 380 g/mol. The molecule has 1 amide bonds. The number of anilines is 1. The molecule has 0 unspecified atom stereocenters. The lowest BCUT2D eigenvalue weighted by Gasteiger charge is -2.25. The van der Waals surface area contributed by atoms with E-state index in [1.807, 2.05) is 38.1 Å². The largest absolute Gasteiger partial charge is 0.493 e. The fraction of sp³-hybridized carbons (Fsp3) is 0.333. The van der Waals surface area contributed by atoms with Crippen molar-refractivity contribution in [2.24, 2.45) is 0 Å². The van der Waals surface area contributed by atoms with Crippen molar-refractivity contribution in [2.75, 3.05) is 25.7 Å². The van der Waals surface area contributed by atoms with Crippen LogP contribution in [0.3, 0.4) is 0 Å². The van der Waals surface area contributed by atoms with Crippen LogP contribution >= 0.6 is 0 Å². The number of para-hydroxylation sites is 1. The van der Waals surface area contributed by atoms with Crippen LogP contribution in [-0.2, 0) is 13.0 Å². The zero-order chi connectivity index (χ0) is 21.8. The molecule has 0 atom stereocenters. The standard InChI is InChI=1S/C24H28N2O4/c1-6-16-11-9-10-12-20(16)26(8-3)24(28)19-15-25(7-2)23(27)18-14-22(30-5)21(29-4)13-17(18)19/h9-15H,6-8H2,1-5H3. The maximum Gasteiger partial charge on any atom is 0.260 e. The number of benzene rings is 2. The van der Waals surface area contributed by atoms with Crippen LogP contribution in [0.25, 0.3) is 10.8 Å². The van der Waals surface area contributed by atoms with Gasteiger partial charge in [-0.1, -0.05) is 25.1 Å². The van der Waals surface area contributed by atoms with Crippen molar-refractivity contribution in [2.45, 2.75) is 33.7 Å². The first-order chi connectivity index (χ1) is 14.5. The number of carbonyl (C=O) groups excluding carboxylic acids is 1. The maximum atomic E-state index is 13.7. The van der Waals surface area contributed by atoms with Crippen LogP contribution in [0.2, 0.25) is 0 Å². The Morgan fingerprint density at radius 3 is 2.20 bits per heavy atom. The first-order valence-electron chi connectivity index (χ1n) is 10.2. The van der Waals surface area contributed by atoms with Crippen LogP contribution in [-0.4, -0.2) is 31.2 Å². The van der Waals surface area contributed by atoms with Crippen LogP contribution in [0.1, 0.15) is 36.7 Å². The Balaban J connectivity index is 2.29. The van der Waals surface area contributed by atoms with Gasteiger partial charge in [-0.05, 0) is 44.0 Å². The summed E-state index contributed by atoms with van der Waals surface area (Å²) in [6, 6.07) is 11.3. The van der Waals surface area contributed by atoms with E-state index in [1.165, 1.54) is 14.2 Å². The van der Waals surface area contributed by atoms with Crippen LogP contribution < -0.4 is 19.9 Å². The highest BCUT2D eigenvalue weighted by atomic mass is 16.5. The SMILES string of the molecule is CCc1ccccc1N(CC)C(=O)c1cn(CC)c(=O)c2cc(OC)c(OC)cc12. The number of nitrogens with zero attached hydrogens (tertiary/aromatic N) is 2. The number of ether oxygens (including phenoxy) is 2. The van der Waals surface area contributed by atoms with Crippen molar-refractivity contribution < 1.29 is 14.3 Å². The predicted molar refractivity (Wildman–Crippen MR) is 120 cm³/mol. The van der Waals surface area contributed by atoms with Gasteiger partial charge in [0.15, 0.2) is 11.5 Å². The number of methoxy groups -OCH3 is 2. The Hall–Kier alpha value is -3.28. The molecule has 1 heterocycles. The summed E-state index contributed by atoms with van der Waals surface area (Å²) < 4.78 is 12.4. The minimum atomic E-state index is -0.165. The molecule has 6 heteroatoms. The van der Waals surface area contributed by atoms with Gasteiger partial charge in [-0.15, -0.1) is 0 Å². The van der Waals surface area contributed by atoms with Crippen LogP contribution in [0, 0.1) is 0 Å². The third kappa shape index (κ3) is 3.65. The number of amides is 1. The molecule has 0 saturated carbocycles. The fourth-order valence-corrected chi connectivity index (χ4v) is 3.76. The summed E-state index contributed by atoms with van der Waals surface area (Å²) in [5.74, 6) is 0.778. The normalized spacial score (nSPS) is 10.8. The molecule has 0 spiro atoms. The first kappa shape index (κ1) is 21.4. The zero-order valence-electron chi connectivity index (χ0n) is 18.2. The smallest absolute Gasteiger partial charge is 0.260 e. The second kappa shape index (κ2) is 9.03. The van der Waals surface area contributed by atoms with Crippen molar-refractivity contribution >= 4 is 22.4 Å². The minimum Gasteiger partial charge on any atom is -0.493 e. The number of rotatable bonds is 7. The van der Waals surface area contributed by atoms with Gasteiger partial charge in [0.1, 0.15) is 0 Å². The van der Waals surface area contributed by atoms with Crippen molar-refractivity contribution in [1.82, 2.24) is 4.57 Å². The third-order valence-electron chi connectivity index (χ3n) is 5.39. The molecule has 1 aromatic heterocycles. The van der Waals surface area contributed by atoms with E-state index in [2.05, 4.69) is 6.92 Å². The Labute approximate surface area is 176 Å². The van der Waals surface area contributed by atoms with E-state index in [-0.39, 0.29) is 11.5 Å². The van der Waals surface area contributed by atoms with Gasteiger partial charge >= 0.3 is 0 Å². The average molecular weight is 408 g/mol.